The quantitative estimate of drug-likeness (QED) is 0.819. The molecule has 0 radical (unpaired) electrons. The second-order valence-electron chi connectivity index (χ2n) is 4.44. The van der Waals surface area contributed by atoms with Crippen LogP contribution in [0.4, 0.5) is 4.79 Å². The standard InChI is InChI=1S/C16H17NO3/c18-16(19)20-17(13-15-9-5-2-6-10-15)12-11-14-7-3-1-4-8-14/h1-10H,11-13H2,(H,18,19). The van der Waals surface area contributed by atoms with Crippen molar-refractivity contribution in [1.29, 1.82) is 0 Å². The van der Waals surface area contributed by atoms with E-state index in [4.69, 9.17) is 9.94 Å². The Bertz CT molecular complexity index is 528. The highest BCUT2D eigenvalue weighted by molar-refractivity contribution is 5.56. The zero-order valence-electron chi connectivity index (χ0n) is 11.1. The van der Waals surface area contributed by atoms with Gasteiger partial charge in [0.1, 0.15) is 0 Å². The third kappa shape index (κ3) is 4.74. The Labute approximate surface area is 118 Å². The fourth-order valence-corrected chi connectivity index (χ4v) is 1.95. The lowest BCUT2D eigenvalue weighted by molar-refractivity contribution is -0.125. The Morgan fingerprint density at radius 3 is 2.05 bits per heavy atom. The van der Waals surface area contributed by atoms with Crippen molar-refractivity contribution in [3.05, 3.63) is 71.8 Å². The monoisotopic (exact) mass is 271 g/mol. The van der Waals surface area contributed by atoms with Gasteiger partial charge in [-0.1, -0.05) is 60.7 Å². The summed E-state index contributed by atoms with van der Waals surface area (Å²) < 4.78 is 0. The topological polar surface area (TPSA) is 49.8 Å². The van der Waals surface area contributed by atoms with Gasteiger partial charge in [-0.15, -0.1) is 5.06 Å². The summed E-state index contributed by atoms with van der Waals surface area (Å²) in [5, 5.41) is 10.3. The van der Waals surface area contributed by atoms with Crippen LogP contribution in [0.3, 0.4) is 0 Å². The molecule has 0 atom stereocenters. The van der Waals surface area contributed by atoms with Gasteiger partial charge in [-0.25, -0.2) is 4.79 Å². The van der Waals surface area contributed by atoms with Gasteiger partial charge < -0.3 is 9.94 Å². The van der Waals surface area contributed by atoms with Crippen LogP contribution in [0.2, 0.25) is 0 Å². The average molecular weight is 271 g/mol. The summed E-state index contributed by atoms with van der Waals surface area (Å²) in [6.45, 7) is 0.963. The normalized spacial score (nSPS) is 10.4. The number of nitrogens with zero attached hydrogens (tertiary/aromatic N) is 1. The largest absolute Gasteiger partial charge is 0.525 e. The Morgan fingerprint density at radius 2 is 1.50 bits per heavy atom. The molecule has 104 valence electrons. The molecule has 0 amide bonds. The SMILES string of the molecule is O=C(O)ON(CCc1ccccc1)Cc1ccccc1. The van der Waals surface area contributed by atoms with Gasteiger partial charge in [0, 0.05) is 6.54 Å². The van der Waals surface area contributed by atoms with Crippen molar-refractivity contribution in [1.82, 2.24) is 5.06 Å². The van der Waals surface area contributed by atoms with Gasteiger partial charge in [-0.05, 0) is 17.5 Å². The highest BCUT2D eigenvalue weighted by Crippen LogP contribution is 2.08. The molecule has 0 fully saturated rings. The molecule has 0 saturated heterocycles. The van der Waals surface area contributed by atoms with E-state index in [0.717, 1.165) is 17.5 Å². The number of hydrogen-bond acceptors (Lipinski definition) is 3. The predicted molar refractivity (Wildman–Crippen MR) is 76.1 cm³/mol. The maximum absolute atomic E-state index is 10.7. The molecule has 0 heterocycles. The minimum absolute atomic E-state index is 0.444. The van der Waals surface area contributed by atoms with Gasteiger partial charge in [0.25, 0.3) is 0 Å². The first-order chi connectivity index (χ1) is 9.74. The van der Waals surface area contributed by atoms with Crippen LogP contribution in [-0.4, -0.2) is 22.9 Å². The summed E-state index contributed by atoms with van der Waals surface area (Å²) in [4.78, 5) is 15.6. The van der Waals surface area contributed by atoms with Crippen molar-refractivity contribution in [2.45, 2.75) is 13.0 Å². The van der Waals surface area contributed by atoms with Gasteiger partial charge in [0.05, 0.1) is 6.54 Å². The van der Waals surface area contributed by atoms with Crippen molar-refractivity contribution in [3.63, 3.8) is 0 Å². The molecule has 0 bridgehead atoms. The summed E-state index contributed by atoms with van der Waals surface area (Å²) in [5.74, 6) is 0. The van der Waals surface area contributed by atoms with Crippen molar-refractivity contribution in [3.8, 4) is 0 Å². The van der Waals surface area contributed by atoms with E-state index in [1.54, 1.807) is 0 Å². The lowest BCUT2D eigenvalue weighted by atomic mass is 10.1. The molecule has 4 nitrogen and oxygen atoms in total. The number of hydrogen-bond donors (Lipinski definition) is 1. The third-order valence-corrected chi connectivity index (χ3v) is 2.90. The molecule has 0 aliphatic heterocycles. The van der Waals surface area contributed by atoms with Gasteiger partial charge in [-0.3, -0.25) is 0 Å². The number of carbonyl (C=O) groups is 1. The summed E-state index contributed by atoms with van der Waals surface area (Å²) in [7, 11) is 0. The number of rotatable bonds is 6. The first-order valence-corrected chi connectivity index (χ1v) is 6.48. The molecule has 0 aliphatic rings. The van der Waals surface area contributed by atoms with E-state index in [0.29, 0.717) is 13.1 Å². The maximum Gasteiger partial charge on any atom is 0.525 e. The zero-order valence-corrected chi connectivity index (χ0v) is 11.1. The fourth-order valence-electron chi connectivity index (χ4n) is 1.95. The molecule has 0 unspecified atom stereocenters. The van der Waals surface area contributed by atoms with Gasteiger partial charge >= 0.3 is 6.16 Å². The van der Waals surface area contributed by atoms with E-state index >= 15 is 0 Å². The number of benzene rings is 2. The Kier molecular flexibility index (Phi) is 5.15. The molecule has 1 N–H and O–H groups in total. The second kappa shape index (κ2) is 7.31. The fraction of sp³-hybridized carbons (Fsp3) is 0.188. The number of hydroxylamine groups is 2. The van der Waals surface area contributed by atoms with Crippen LogP contribution in [0.5, 0.6) is 0 Å². The molecule has 2 aromatic rings. The van der Waals surface area contributed by atoms with E-state index < -0.39 is 6.16 Å². The van der Waals surface area contributed by atoms with Crippen LogP contribution in [0.15, 0.2) is 60.7 Å². The minimum Gasteiger partial charge on any atom is -0.448 e. The molecule has 4 heteroatoms. The van der Waals surface area contributed by atoms with Crippen LogP contribution >= 0.6 is 0 Å². The lowest BCUT2D eigenvalue weighted by Crippen LogP contribution is -2.28. The van der Waals surface area contributed by atoms with E-state index in [-0.39, 0.29) is 0 Å². The molecule has 20 heavy (non-hydrogen) atoms. The van der Waals surface area contributed by atoms with Gasteiger partial charge in [0.15, 0.2) is 0 Å². The molecule has 0 saturated carbocycles. The van der Waals surface area contributed by atoms with E-state index in [1.807, 2.05) is 60.7 Å². The zero-order chi connectivity index (χ0) is 14.2. The first-order valence-electron chi connectivity index (χ1n) is 6.48. The molecule has 0 aliphatic carbocycles. The Balaban J connectivity index is 1.95. The minimum atomic E-state index is -1.28. The van der Waals surface area contributed by atoms with Crippen LogP contribution in [-0.2, 0) is 17.8 Å². The van der Waals surface area contributed by atoms with Crippen LogP contribution in [0.1, 0.15) is 11.1 Å². The van der Waals surface area contributed by atoms with Crippen molar-refractivity contribution in [2.24, 2.45) is 0 Å². The Hall–Kier alpha value is -2.33. The molecular weight excluding hydrogens is 254 g/mol. The summed E-state index contributed by atoms with van der Waals surface area (Å²) in [6.07, 6.45) is -0.546. The predicted octanol–water partition coefficient (Wildman–Crippen LogP) is 3.34. The van der Waals surface area contributed by atoms with Crippen molar-refractivity contribution in [2.75, 3.05) is 6.54 Å². The van der Waals surface area contributed by atoms with Gasteiger partial charge in [-0.2, -0.15) is 0 Å². The molecule has 0 aromatic heterocycles. The number of carboxylic acid groups (broad SMARTS) is 1. The summed E-state index contributed by atoms with van der Waals surface area (Å²) >= 11 is 0. The summed E-state index contributed by atoms with van der Waals surface area (Å²) in [6, 6.07) is 19.6. The van der Waals surface area contributed by atoms with Crippen LogP contribution < -0.4 is 0 Å². The van der Waals surface area contributed by atoms with E-state index in [9.17, 15) is 4.79 Å². The van der Waals surface area contributed by atoms with Crippen LogP contribution in [0.25, 0.3) is 0 Å². The van der Waals surface area contributed by atoms with Gasteiger partial charge in [0.2, 0.25) is 0 Å². The molecule has 2 rings (SSSR count). The van der Waals surface area contributed by atoms with Crippen molar-refractivity contribution < 1.29 is 14.7 Å². The highest BCUT2D eigenvalue weighted by Gasteiger charge is 2.11. The van der Waals surface area contributed by atoms with Crippen molar-refractivity contribution >= 4 is 6.16 Å². The molecule has 0 spiro atoms. The van der Waals surface area contributed by atoms with Crippen LogP contribution in [0, 0.1) is 0 Å². The van der Waals surface area contributed by atoms with E-state index in [2.05, 4.69) is 0 Å². The molecule has 2 aromatic carbocycles. The smallest absolute Gasteiger partial charge is 0.448 e. The lowest BCUT2D eigenvalue weighted by Gasteiger charge is -2.19. The maximum atomic E-state index is 10.7. The average Bonchev–Trinajstić information content (AvgIpc) is 2.46. The molecular formula is C16H17NO3. The van der Waals surface area contributed by atoms with E-state index in [1.165, 1.54) is 5.06 Å². The summed E-state index contributed by atoms with van der Waals surface area (Å²) in [5.41, 5.74) is 2.17. The Morgan fingerprint density at radius 1 is 0.950 bits per heavy atom. The second-order valence-corrected chi connectivity index (χ2v) is 4.44. The first kappa shape index (κ1) is 14.1. The third-order valence-electron chi connectivity index (χ3n) is 2.90. The highest BCUT2D eigenvalue weighted by atomic mass is 16.8.